The Kier molecular flexibility index (Phi) is 8.68. The first-order valence-electron chi connectivity index (χ1n) is 15.1. The van der Waals surface area contributed by atoms with Crippen molar-refractivity contribution in [2.45, 2.75) is 96.2 Å². The van der Waals surface area contributed by atoms with Crippen molar-refractivity contribution in [3.05, 3.63) is 30.0 Å². The number of hydrogen-bond acceptors (Lipinski definition) is 8. The number of aliphatic hydroxyl groups excluding tert-OH is 1. The van der Waals surface area contributed by atoms with E-state index in [4.69, 9.17) is 9.72 Å². The second-order valence-electron chi connectivity index (χ2n) is 12.1. The first-order chi connectivity index (χ1) is 19.7. The van der Waals surface area contributed by atoms with E-state index >= 15 is 0 Å². The summed E-state index contributed by atoms with van der Waals surface area (Å²) in [6, 6.07) is 5.67. The summed E-state index contributed by atoms with van der Waals surface area (Å²) in [4.78, 5) is 40.1. The molecule has 1 unspecified atom stereocenters. The number of carbonyl (C=O) groups is 2. The van der Waals surface area contributed by atoms with E-state index in [1.165, 1.54) is 19.3 Å². The number of nitrogens with one attached hydrogen (secondary N) is 2. The predicted molar refractivity (Wildman–Crippen MR) is 160 cm³/mol. The fourth-order valence-corrected chi connectivity index (χ4v) is 6.41. The largest absolute Gasteiger partial charge is 0.495 e. The molecule has 222 valence electrons. The van der Waals surface area contributed by atoms with Crippen molar-refractivity contribution in [1.82, 2.24) is 15.3 Å². The van der Waals surface area contributed by atoms with E-state index < -0.39 is 5.41 Å². The molecule has 0 spiro atoms. The second kappa shape index (κ2) is 12.2. The highest BCUT2D eigenvalue weighted by molar-refractivity contribution is 6.01. The third-order valence-corrected chi connectivity index (χ3v) is 9.26. The topological polar surface area (TPSA) is 120 Å². The normalized spacial score (nSPS) is 25.3. The zero-order valence-electron chi connectivity index (χ0n) is 24.8. The number of anilines is 4. The van der Waals surface area contributed by atoms with E-state index in [0.717, 1.165) is 43.6 Å². The monoisotopic (exact) mass is 564 g/mol. The lowest BCUT2D eigenvalue weighted by molar-refractivity contribution is -0.126. The highest BCUT2D eigenvalue weighted by Gasteiger charge is 2.43. The van der Waals surface area contributed by atoms with Gasteiger partial charge in [-0.05, 0) is 70.1 Å². The van der Waals surface area contributed by atoms with Gasteiger partial charge in [0.2, 0.25) is 11.9 Å². The van der Waals surface area contributed by atoms with E-state index in [-0.39, 0.29) is 24.0 Å². The van der Waals surface area contributed by atoms with Crippen LogP contribution in [0, 0.1) is 5.41 Å². The predicted octanol–water partition coefficient (Wildman–Crippen LogP) is 4.79. The van der Waals surface area contributed by atoms with Crippen molar-refractivity contribution >= 4 is 35.0 Å². The van der Waals surface area contributed by atoms with Gasteiger partial charge in [-0.25, -0.2) is 4.98 Å². The third kappa shape index (κ3) is 6.12. The fraction of sp³-hybridized carbons (Fsp3) is 0.613. The zero-order chi connectivity index (χ0) is 29.1. The van der Waals surface area contributed by atoms with Crippen LogP contribution in [-0.2, 0) is 4.79 Å². The molecule has 3 aliphatic rings. The van der Waals surface area contributed by atoms with Crippen LogP contribution in [0.25, 0.3) is 0 Å². The standard InChI is InChI=1S/C31H44N6O4/c1-5-31(2)19-37(22-9-7-6-8-10-22)27-25(36(3)29(31)40)18-32-30(35-27)34-24-16-11-20(17-26(24)41-4)28(39)33-21-12-14-23(38)15-13-21/h11,16-18,21-23,38H,5-10,12-15,19H2,1-4H3,(H,33,39)(H,32,34,35)/t21-,23-,31?. The summed E-state index contributed by atoms with van der Waals surface area (Å²) >= 11 is 0. The fourth-order valence-electron chi connectivity index (χ4n) is 6.41. The Hall–Kier alpha value is -3.40. The molecular weight excluding hydrogens is 520 g/mol. The number of aromatic nitrogens is 2. The lowest BCUT2D eigenvalue weighted by Crippen LogP contribution is -2.47. The average Bonchev–Trinajstić information content (AvgIpc) is 3.08. The van der Waals surface area contributed by atoms with Crippen LogP contribution in [-0.4, -0.2) is 65.8 Å². The zero-order valence-corrected chi connectivity index (χ0v) is 24.8. The maximum Gasteiger partial charge on any atom is 0.251 e. The molecule has 2 amide bonds. The molecular formula is C31H44N6O4. The SMILES string of the molecule is CCC1(C)CN(C2CCCCC2)c2nc(Nc3ccc(C(=O)N[C@H]4CC[C@H](O)CC4)cc3OC)ncc2N(C)C1=O. The third-order valence-electron chi connectivity index (χ3n) is 9.26. The number of carbonyl (C=O) groups excluding carboxylic acids is 2. The molecule has 1 atom stereocenters. The van der Waals surface area contributed by atoms with Crippen LogP contribution in [0.4, 0.5) is 23.1 Å². The van der Waals surface area contributed by atoms with E-state index in [0.29, 0.717) is 48.4 Å². The smallest absolute Gasteiger partial charge is 0.251 e. The number of methoxy groups -OCH3 is 1. The summed E-state index contributed by atoms with van der Waals surface area (Å²) in [7, 11) is 3.39. The van der Waals surface area contributed by atoms with Gasteiger partial charge in [0, 0.05) is 31.2 Å². The van der Waals surface area contributed by atoms with Gasteiger partial charge in [-0.15, -0.1) is 0 Å². The molecule has 1 aromatic heterocycles. The highest BCUT2D eigenvalue weighted by Crippen LogP contribution is 2.41. The van der Waals surface area contributed by atoms with E-state index in [1.54, 1.807) is 36.4 Å². The van der Waals surface area contributed by atoms with Gasteiger partial charge in [-0.1, -0.05) is 26.2 Å². The van der Waals surface area contributed by atoms with Crippen LogP contribution < -0.4 is 25.2 Å². The summed E-state index contributed by atoms with van der Waals surface area (Å²) < 4.78 is 5.64. The summed E-state index contributed by atoms with van der Waals surface area (Å²) in [5.74, 6) is 1.61. The van der Waals surface area contributed by atoms with Crippen LogP contribution in [0.3, 0.4) is 0 Å². The Balaban J connectivity index is 1.40. The Morgan fingerprint density at radius 3 is 2.56 bits per heavy atom. The molecule has 2 heterocycles. The highest BCUT2D eigenvalue weighted by atomic mass is 16.5. The van der Waals surface area contributed by atoms with E-state index in [2.05, 4.69) is 34.4 Å². The molecule has 0 radical (unpaired) electrons. The van der Waals surface area contributed by atoms with Crippen LogP contribution in [0.2, 0.25) is 0 Å². The van der Waals surface area contributed by atoms with Crippen molar-refractivity contribution in [2.75, 3.05) is 35.8 Å². The first kappa shape index (κ1) is 29.1. The van der Waals surface area contributed by atoms with Crippen LogP contribution >= 0.6 is 0 Å². The van der Waals surface area contributed by atoms with Crippen molar-refractivity contribution in [3.8, 4) is 5.75 Å². The molecule has 2 aromatic rings. The molecule has 0 bridgehead atoms. The van der Waals surface area contributed by atoms with Gasteiger partial charge in [-0.2, -0.15) is 4.98 Å². The minimum atomic E-state index is -0.516. The minimum absolute atomic E-state index is 0.0642. The van der Waals surface area contributed by atoms with Gasteiger partial charge >= 0.3 is 0 Å². The minimum Gasteiger partial charge on any atom is -0.495 e. The summed E-state index contributed by atoms with van der Waals surface area (Å²) in [6.07, 6.45) is 10.9. The van der Waals surface area contributed by atoms with Gasteiger partial charge in [0.1, 0.15) is 11.4 Å². The number of fused-ring (bicyclic) bond motifs is 1. The number of nitrogens with zero attached hydrogens (tertiary/aromatic N) is 4. The quantitative estimate of drug-likeness (QED) is 0.439. The summed E-state index contributed by atoms with van der Waals surface area (Å²) in [5, 5.41) is 16.1. The Morgan fingerprint density at radius 1 is 1.15 bits per heavy atom. The number of ether oxygens (including phenoxy) is 1. The lowest BCUT2D eigenvalue weighted by Gasteiger charge is -2.38. The number of benzene rings is 1. The Morgan fingerprint density at radius 2 is 1.88 bits per heavy atom. The molecule has 41 heavy (non-hydrogen) atoms. The molecule has 2 fully saturated rings. The van der Waals surface area contributed by atoms with Crippen molar-refractivity contribution in [2.24, 2.45) is 5.41 Å². The molecule has 5 rings (SSSR count). The maximum atomic E-state index is 13.5. The van der Waals surface area contributed by atoms with Gasteiger partial charge in [0.15, 0.2) is 5.82 Å². The average molecular weight is 565 g/mol. The number of aliphatic hydroxyl groups is 1. The van der Waals surface area contributed by atoms with Crippen molar-refractivity contribution < 1.29 is 19.4 Å². The van der Waals surface area contributed by atoms with E-state index in [1.807, 2.05) is 7.05 Å². The molecule has 2 aliphatic carbocycles. The molecule has 1 aromatic carbocycles. The van der Waals surface area contributed by atoms with Crippen LogP contribution in [0.5, 0.6) is 5.75 Å². The Bertz CT molecular complexity index is 1260. The molecule has 2 saturated carbocycles. The Labute approximate surface area is 242 Å². The summed E-state index contributed by atoms with van der Waals surface area (Å²) in [5.41, 5.74) is 1.35. The van der Waals surface area contributed by atoms with Crippen molar-refractivity contribution in [1.29, 1.82) is 0 Å². The molecule has 10 nitrogen and oxygen atoms in total. The number of rotatable bonds is 7. The van der Waals surface area contributed by atoms with Gasteiger partial charge in [0.25, 0.3) is 5.91 Å². The van der Waals surface area contributed by atoms with Gasteiger partial charge < -0.3 is 30.3 Å². The number of hydrogen-bond donors (Lipinski definition) is 3. The van der Waals surface area contributed by atoms with Crippen LogP contribution in [0.1, 0.15) is 88.4 Å². The molecule has 3 N–H and O–H groups in total. The molecule has 1 aliphatic heterocycles. The van der Waals surface area contributed by atoms with E-state index in [9.17, 15) is 14.7 Å². The molecule has 0 saturated heterocycles. The van der Waals surface area contributed by atoms with Crippen LogP contribution in [0.15, 0.2) is 24.4 Å². The van der Waals surface area contributed by atoms with Gasteiger partial charge in [-0.3, -0.25) is 9.59 Å². The van der Waals surface area contributed by atoms with Crippen molar-refractivity contribution in [3.63, 3.8) is 0 Å². The maximum absolute atomic E-state index is 13.5. The first-order valence-corrected chi connectivity index (χ1v) is 15.1. The summed E-state index contributed by atoms with van der Waals surface area (Å²) in [6.45, 7) is 4.75. The van der Waals surface area contributed by atoms with Gasteiger partial charge in [0.05, 0.1) is 30.5 Å². The lowest BCUT2D eigenvalue weighted by atomic mass is 9.84. The number of amides is 2. The second-order valence-corrected chi connectivity index (χ2v) is 12.1. The molecule has 10 heteroatoms.